The van der Waals surface area contributed by atoms with Gasteiger partial charge in [-0.3, -0.25) is 0 Å². The van der Waals surface area contributed by atoms with Gasteiger partial charge < -0.3 is 10.6 Å². The molecule has 20 heavy (non-hydrogen) atoms. The third kappa shape index (κ3) is 1.88. The minimum absolute atomic E-state index is 0.400. The molecule has 1 aliphatic carbocycles. The number of nitrogens with zero attached hydrogens (tertiary/aromatic N) is 4. The molecule has 5 heteroatoms. The second kappa shape index (κ2) is 4.45. The number of hydrogen-bond acceptors (Lipinski definition) is 4. The van der Waals surface area contributed by atoms with E-state index >= 15 is 0 Å². The first-order chi connectivity index (χ1) is 9.70. The molecule has 1 saturated heterocycles. The van der Waals surface area contributed by atoms with Crippen LogP contribution >= 0.6 is 0 Å². The molecule has 0 spiro atoms. The Labute approximate surface area is 118 Å². The van der Waals surface area contributed by atoms with Gasteiger partial charge in [-0.2, -0.15) is 5.10 Å². The van der Waals surface area contributed by atoms with Crippen LogP contribution in [-0.4, -0.2) is 33.7 Å². The van der Waals surface area contributed by atoms with E-state index in [0.717, 1.165) is 42.0 Å². The number of hydrogen-bond donors (Lipinski definition) is 1. The van der Waals surface area contributed by atoms with Crippen molar-refractivity contribution in [3.05, 3.63) is 24.2 Å². The van der Waals surface area contributed by atoms with Crippen LogP contribution in [0.2, 0.25) is 0 Å². The molecule has 2 N–H and O–H groups in total. The molecule has 106 valence electrons. The molecule has 3 atom stereocenters. The second-order valence-corrected chi connectivity index (χ2v) is 6.36. The SMILES string of the molecule is Cc1cc2c(N3C[C@H]4CCC(N)C[C@H]4C3)nccn2n1. The van der Waals surface area contributed by atoms with Crippen LogP contribution in [-0.2, 0) is 0 Å². The van der Waals surface area contributed by atoms with E-state index in [-0.39, 0.29) is 0 Å². The quantitative estimate of drug-likeness (QED) is 0.856. The average Bonchev–Trinajstić information content (AvgIpc) is 2.99. The number of fused-ring (bicyclic) bond motifs is 2. The number of nitrogens with two attached hydrogens (primary N) is 1. The Hall–Kier alpha value is -1.62. The smallest absolute Gasteiger partial charge is 0.154 e. The fourth-order valence-corrected chi connectivity index (χ4v) is 3.91. The summed E-state index contributed by atoms with van der Waals surface area (Å²) in [6.07, 6.45) is 7.39. The molecule has 1 unspecified atom stereocenters. The van der Waals surface area contributed by atoms with Gasteiger partial charge in [-0.1, -0.05) is 0 Å². The third-order valence-electron chi connectivity index (χ3n) is 4.88. The van der Waals surface area contributed by atoms with Crippen LogP contribution in [0.3, 0.4) is 0 Å². The van der Waals surface area contributed by atoms with Crippen LogP contribution in [0.15, 0.2) is 18.5 Å². The lowest BCUT2D eigenvalue weighted by Crippen LogP contribution is -2.32. The van der Waals surface area contributed by atoms with Gasteiger partial charge in [0, 0.05) is 31.5 Å². The fraction of sp³-hybridized carbons (Fsp3) is 0.600. The summed E-state index contributed by atoms with van der Waals surface area (Å²) in [7, 11) is 0. The van der Waals surface area contributed by atoms with E-state index in [1.807, 2.05) is 23.8 Å². The normalized spacial score (nSPS) is 29.9. The van der Waals surface area contributed by atoms with Gasteiger partial charge in [0.2, 0.25) is 0 Å². The maximum Gasteiger partial charge on any atom is 0.154 e. The summed E-state index contributed by atoms with van der Waals surface area (Å²) >= 11 is 0. The van der Waals surface area contributed by atoms with Gasteiger partial charge in [-0.25, -0.2) is 9.50 Å². The number of aryl methyl sites for hydroxylation is 1. The average molecular weight is 271 g/mol. The third-order valence-corrected chi connectivity index (χ3v) is 4.88. The number of aromatic nitrogens is 3. The molecule has 1 aliphatic heterocycles. The molecule has 2 aromatic rings. The highest BCUT2D eigenvalue weighted by Crippen LogP contribution is 2.38. The summed E-state index contributed by atoms with van der Waals surface area (Å²) in [4.78, 5) is 7.05. The van der Waals surface area contributed by atoms with Gasteiger partial charge in [-0.05, 0) is 44.1 Å². The Bertz CT molecular complexity index is 634. The van der Waals surface area contributed by atoms with Crippen LogP contribution < -0.4 is 10.6 Å². The van der Waals surface area contributed by atoms with Crippen LogP contribution in [0.1, 0.15) is 25.0 Å². The molecule has 5 nitrogen and oxygen atoms in total. The number of anilines is 1. The standard InChI is InChI=1S/C15H21N5/c1-10-6-14-15(17-4-5-20(14)18-10)19-8-11-2-3-13(16)7-12(11)9-19/h4-6,11-13H,2-3,7-9,16H2,1H3/t11-,12+,13?/m1/s1. The van der Waals surface area contributed by atoms with Crippen molar-refractivity contribution in [3.8, 4) is 0 Å². The molecule has 1 saturated carbocycles. The van der Waals surface area contributed by atoms with E-state index in [2.05, 4.69) is 21.0 Å². The molecule has 3 heterocycles. The Balaban J connectivity index is 1.67. The lowest BCUT2D eigenvalue weighted by molar-refractivity contribution is 0.271. The van der Waals surface area contributed by atoms with Crippen LogP contribution in [0.4, 0.5) is 5.82 Å². The monoisotopic (exact) mass is 271 g/mol. The van der Waals surface area contributed by atoms with E-state index in [4.69, 9.17) is 5.73 Å². The van der Waals surface area contributed by atoms with Gasteiger partial charge in [0.15, 0.2) is 5.82 Å². The summed E-state index contributed by atoms with van der Waals surface area (Å²) in [6, 6.07) is 2.52. The van der Waals surface area contributed by atoms with Crippen molar-refractivity contribution in [3.63, 3.8) is 0 Å². The van der Waals surface area contributed by atoms with Crippen molar-refractivity contribution in [2.24, 2.45) is 17.6 Å². The predicted octanol–water partition coefficient (Wildman–Crippen LogP) is 1.60. The zero-order valence-corrected chi connectivity index (χ0v) is 11.9. The Morgan fingerprint density at radius 1 is 1.25 bits per heavy atom. The summed E-state index contributed by atoms with van der Waals surface area (Å²) in [5.74, 6) is 2.61. The molecule has 4 rings (SSSR count). The molecular weight excluding hydrogens is 250 g/mol. The van der Waals surface area contributed by atoms with Crippen molar-refractivity contribution in [2.45, 2.75) is 32.2 Å². The van der Waals surface area contributed by atoms with Crippen LogP contribution in [0.25, 0.3) is 5.52 Å². The molecule has 2 aliphatic rings. The minimum atomic E-state index is 0.400. The fourth-order valence-electron chi connectivity index (χ4n) is 3.91. The first kappa shape index (κ1) is 12.1. The predicted molar refractivity (Wildman–Crippen MR) is 78.7 cm³/mol. The van der Waals surface area contributed by atoms with Crippen molar-refractivity contribution in [1.29, 1.82) is 0 Å². The molecule has 0 amide bonds. The van der Waals surface area contributed by atoms with E-state index in [0.29, 0.717) is 6.04 Å². The molecule has 0 bridgehead atoms. The van der Waals surface area contributed by atoms with E-state index < -0.39 is 0 Å². The zero-order chi connectivity index (χ0) is 13.7. The molecule has 0 radical (unpaired) electrons. The van der Waals surface area contributed by atoms with E-state index in [1.165, 1.54) is 19.3 Å². The highest BCUT2D eigenvalue weighted by Gasteiger charge is 2.37. The first-order valence-electron chi connectivity index (χ1n) is 7.52. The van der Waals surface area contributed by atoms with Gasteiger partial charge in [0.25, 0.3) is 0 Å². The Morgan fingerprint density at radius 3 is 3.00 bits per heavy atom. The van der Waals surface area contributed by atoms with Crippen molar-refractivity contribution >= 4 is 11.3 Å². The Kier molecular flexibility index (Phi) is 2.70. The van der Waals surface area contributed by atoms with Crippen molar-refractivity contribution in [2.75, 3.05) is 18.0 Å². The Morgan fingerprint density at radius 2 is 2.10 bits per heavy atom. The topological polar surface area (TPSA) is 59.5 Å². The van der Waals surface area contributed by atoms with E-state index in [9.17, 15) is 0 Å². The summed E-state index contributed by atoms with van der Waals surface area (Å²) < 4.78 is 1.94. The minimum Gasteiger partial charge on any atom is -0.354 e. The van der Waals surface area contributed by atoms with E-state index in [1.54, 1.807) is 0 Å². The van der Waals surface area contributed by atoms with Crippen LogP contribution in [0.5, 0.6) is 0 Å². The summed E-state index contributed by atoms with van der Waals surface area (Å²) in [5, 5.41) is 4.48. The van der Waals surface area contributed by atoms with Gasteiger partial charge in [-0.15, -0.1) is 0 Å². The van der Waals surface area contributed by atoms with Crippen LogP contribution in [0, 0.1) is 18.8 Å². The zero-order valence-electron chi connectivity index (χ0n) is 11.9. The highest BCUT2D eigenvalue weighted by molar-refractivity contribution is 5.69. The number of rotatable bonds is 1. The van der Waals surface area contributed by atoms with Gasteiger partial charge >= 0.3 is 0 Å². The maximum absolute atomic E-state index is 6.12. The molecule has 2 aromatic heterocycles. The first-order valence-corrected chi connectivity index (χ1v) is 7.52. The molecular formula is C15H21N5. The second-order valence-electron chi connectivity index (χ2n) is 6.36. The van der Waals surface area contributed by atoms with Crippen molar-refractivity contribution < 1.29 is 0 Å². The van der Waals surface area contributed by atoms with Crippen molar-refractivity contribution in [1.82, 2.24) is 14.6 Å². The summed E-state index contributed by atoms with van der Waals surface area (Å²) in [6.45, 7) is 4.24. The van der Waals surface area contributed by atoms with Gasteiger partial charge in [0.1, 0.15) is 5.52 Å². The largest absolute Gasteiger partial charge is 0.354 e. The highest BCUT2D eigenvalue weighted by atomic mass is 15.3. The molecule has 0 aromatic carbocycles. The lowest BCUT2D eigenvalue weighted by Gasteiger charge is -2.27. The van der Waals surface area contributed by atoms with Gasteiger partial charge in [0.05, 0.1) is 5.69 Å². The maximum atomic E-state index is 6.12. The lowest BCUT2D eigenvalue weighted by atomic mass is 9.79. The summed E-state index contributed by atoms with van der Waals surface area (Å²) in [5.41, 5.74) is 8.28. The molecule has 2 fully saturated rings.